The summed E-state index contributed by atoms with van der Waals surface area (Å²) in [6.45, 7) is 4.42. The molecule has 0 aromatic rings. The summed E-state index contributed by atoms with van der Waals surface area (Å²) in [5, 5.41) is 5.17. The molecule has 2 fully saturated rings. The third kappa shape index (κ3) is 2.38. The molecule has 0 saturated carbocycles. The molecule has 1 atom stereocenters. The molecule has 0 aliphatic carbocycles. The lowest BCUT2D eigenvalue weighted by atomic mass is 10.2. The van der Waals surface area contributed by atoms with Crippen molar-refractivity contribution in [2.24, 2.45) is 0 Å². The van der Waals surface area contributed by atoms with Crippen LogP contribution in [-0.4, -0.2) is 36.8 Å². The summed E-state index contributed by atoms with van der Waals surface area (Å²) in [4.78, 5) is 0. The fraction of sp³-hybridized carbons (Fsp3) is 1.00. The van der Waals surface area contributed by atoms with Crippen molar-refractivity contribution in [2.45, 2.75) is 29.8 Å². The van der Waals surface area contributed by atoms with Crippen LogP contribution in [0.15, 0.2) is 0 Å². The molecular formula is C9H17NOS. The van der Waals surface area contributed by atoms with Crippen LogP contribution in [0.1, 0.15) is 19.3 Å². The number of nitrogens with one attached hydrogen (secondary N) is 1. The Morgan fingerprint density at radius 2 is 1.92 bits per heavy atom. The molecule has 2 heterocycles. The van der Waals surface area contributed by atoms with Crippen LogP contribution in [0.4, 0.5) is 0 Å². The highest BCUT2D eigenvalue weighted by atomic mass is 32.2. The van der Waals surface area contributed by atoms with Gasteiger partial charge < -0.3 is 10.1 Å². The van der Waals surface area contributed by atoms with E-state index in [4.69, 9.17) is 4.74 Å². The van der Waals surface area contributed by atoms with Crippen molar-refractivity contribution in [3.63, 3.8) is 0 Å². The van der Waals surface area contributed by atoms with Crippen molar-refractivity contribution in [3.05, 3.63) is 0 Å². The molecule has 0 aromatic carbocycles. The zero-order valence-electron chi connectivity index (χ0n) is 7.42. The second-order valence-corrected chi connectivity index (χ2v) is 5.17. The lowest BCUT2D eigenvalue weighted by Crippen LogP contribution is -2.21. The second kappa shape index (κ2) is 4.49. The molecule has 2 rings (SSSR count). The standard InChI is InChI=1S/C9H17NOS/c1-4-10-7-9(1)12-8-2-5-11-6-3-8/h8-10H,1-7H2. The van der Waals surface area contributed by atoms with Crippen LogP contribution < -0.4 is 5.32 Å². The van der Waals surface area contributed by atoms with E-state index in [9.17, 15) is 0 Å². The first kappa shape index (κ1) is 8.85. The molecule has 0 radical (unpaired) electrons. The van der Waals surface area contributed by atoms with Gasteiger partial charge in [-0.1, -0.05) is 0 Å². The monoisotopic (exact) mass is 187 g/mol. The average Bonchev–Trinajstić information content (AvgIpc) is 2.59. The molecule has 0 spiro atoms. The Balaban J connectivity index is 1.69. The van der Waals surface area contributed by atoms with Crippen LogP contribution in [0.2, 0.25) is 0 Å². The van der Waals surface area contributed by atoms with Gasteiger partial charge in [0, 0.05) is 30.3 Å². The van der Waals surface area contributed by atoms with Crippen LogP contribution in [0.5, 0.6) is 0 Å². The Bertz CT molecular complexity index is 130. The predicted molar refractivity (Wildman–Crippen MR) is 52.7 cm³/mol. The summed E-state index contributed by atoms with van der Waals surface area (Å²) in [6, 6.07) is 0. The quantitative estimate of drug-likeness (QED) is 0.703. The first-order valence-electron chi connectivity index (χ1n) is 4.89. The number of ether oxygens (including phenoxy) is 1. The van der Waals surface area contributed by atoms with Crippen LogP contribution >= 0.6 is 11.8 Å². The van der Waals surface area contributed by atoms with Gasteiger partial charge in [0.1, 0.15) is 0 Å². The number of rotatable bonds is 2. The van der Waals surface area contributed by atoms with Gasteiger partial charge in [0.05, 0.1) is 0 Å². The van der Waals surface area contributed by atoms with E-state index in [0.29, 0.717) is 0 Å². The molecule has 70 valence electrons. The maximum atomic E-state index is 5.34. The molecular weight excluding hydrogens is 170 g/mol. The Morgan fingerprint density at radius 3 is 2.58 bits per heavy atom. The molecule has 2 saturated heterocycles. The lowest BCUT2D eigenvalue weighted by molar-refractivity contribution is 0.0999. The predicted octanol–water partition coefficient (Wildman–Crippen LogP) is 1.26. The maximum absolute atomic E-state index is 5.34. The molecule has 1 unspecified atom stereocenters. The van der Waals surface area contributed by atoms with Crippen molar-refractivity contribution in [3.8, 4) is 0 Å². The Labute approximate surface area is 78.4 Å². The Hall–Kier alpha value is 0.270. The zero-order valence-corrected chi connectivity index (χ0v) is 8.24. The summed E-state index contributed by atoms with van der Waals surface area (Å²) < 4.78 is 5.34. The maximum Gasteiger partial charge on any atom is 0.0476 e. The van der Waals surface area contributed by atoms with Crippen LogP contribution in [0.3, 0.4) is 0 Å². The van der Waals surface area contributed by atoms with E-state index < -0.39 is 0 Å². The molecule has 2 nitrogen and oxygen atoms in total. The van der Waals surface area contributed by atoms with E-state index in [2.05, 4.69) is 17.1 Å². The molecule has 2 aliphatic rings. The third-order valence-electron chi connectivity index (χ3n) is 2.57. The lowest BCUT2D eigenvalue weighted by Gasteiger charge is -2.23. The van der Waals surface area contributed by atoms with Crippen molar-refractivity contribution in [1.29, 1.82) is 0 Å². The SMILES string of the molecule is C1CC(SC2CCOCC2)CN1. The van der Waals surface area contributed by atoms with Gasteiger partial charge in [-0.3, -0.25) is 0 Å². The fourth-order valence-electron chi connectivity index (χ4n) is 1.83. The summed E-state index contributed by atoms with van der Waals surface area (Å²) in [7, 11) is 0. The van der Waals surface area contributed by atoms with Gasteiger partial charge in [0.25, 0.3) is 0 Å². The Morgan fingerprint density at radius 1 is 1.08 bits per heavy atom. The van der Waals surface area contributed by atoms with E-state index in [1.54, 1.807) is 0 Å². The fourth-order valence-corrected chi connectivity index (χ4v) is 3.31. The average molecular weight is 187 g/mol. The number of hydrogen-bond donors (Lipinski definition) is 1. The van der Waals surface area contributed by atoms with Crippen LogP contribution in [0, 0.1) is 0 Å². The highest BCUT2D eigenvalue weighted by Crippen LogP contribution is 2.28. The molecule has 0 amide bonds. The zero-order chi connectivity index (χ0) is 8.23. The van der Waals surface area contributed by atoms with Crippen molar-refractivity contribution < 1.29 is 4.74 Å². The van der Waals surface area contributed by atoms with Crippen molar-refractivity contribution in [1.82, 2.24) is 5.32 Å². The Kier molecular flexibility index (Phi) is 3.31. The minimum Gasteiger partial charge on any atom is -0.381 e. The number of hydrogen-bond acceptors (Lipinski definition) is 3. The molecule has 1 N–H and O–H groups in total. The molecule has 3 heteroatoms. The third-order valence-corrected chi connectivity index (χ3v) is 4.21. The topological polar surface area (TPSA) is 21.3 Å². The minimum absolute atomic E-state index is 0.878. The first-order valence-corrected chi connectivity index (χ1v) is 5.83. The molecule has 0 bridgehead atoms. The largest absolute Gasteiger partial charge is 0.381 e. The minimum atomic E-state index is 0.878. The summed E-state index contributed by atoms with van der Waals surface area (Å²) in [6.07, 6.45) is 3.89. The first-order chi connectivity index (χ1) is 5.95. The highest BCUT2D eigenvalue weighted by molar-refractivity contribution is 8.00. The molecule has 12 heavy (non-hydrogen) atoms. The van der Waals surface area contributed by atoms with E-state index in [1.807, 2.05) is 0 Å². The summed E-state index contributed by atoms with van der Waals surface area (Å²) in [5.74, 6) is 0. The van der Waals surface area contributed by atoms with Gasteiger partial charge in [0.2, 0.25) is 0 Å². The molecule has 2 aliphatic heterocycles. The van der Waals surface area contributed by atoms with Gasteiger partial charge in [-0.25, -0.2) is 0 Å². The van der Waals surface area contributed by atoms with Crippen molar-refractivity contribution in [2.75, 3.05) is 26.3 Å². The van der Waals surface area contributed by atoms with Crippen LogP contribution in [-0.2, 0) is 4.74 Å². The second-order valence-electron chi connectivity index (χ2n) is 3.56. The van der Waals surface area contributed by atoms with Gasteiger partial charge >= 0.3 is 0 Å². The summed E-state index contributed by atoms with van der Waals surface area (Å²) >= 11 is 2.19. The summed E-state index contributed by atoms with van der Waals surface area (Å²) in [5.41, 5.74) is 0. The van der Waals surface area contributed by atoms with Crippen LogP contribution in [0.25, 0.3) is 0 Å². The smallest absolute Gasteiger partial charge is 0.0476 e. The van der Waals surface area contributed by atoms with E-state index >= 15 is 0 Å². The van der Waals surface area contributed by atoms with E-state index in [-0.39, 0.29) is 0 Å². The van der Waals surface area contributed by atoms with Gasteiger partial charge in [-0.05, 0) is 25.8 Å². The molecule has 0 aromatic heterocycles. The number of thioether (sulfide) groups is 1. The van der Waals surface area contributed by atoms with Gasteiger partial charge in [-0.15, -0.1) is 0 Å². The van der Waals surface area contributed by atoms with E-state index in [1.165, 1.54) is 32.4 Å². The van der Waals surface area contributed by atoms with Gasteiger partial charge in [-0.2, -0.15) is 11.8 Å². The highest BCUT2D eigenvalue weighted by Gasteiger charge is 2.21. The van der Waals surface area contributed by atoms with Gasteiger partial charge in [0.15, 0.2) is 0 Å². The van der Waals surface area contributed by atoms with E-state index in [0.717, 1.165) is 23.7 Å². The normalized spacial score (nSPS) is 32.5. The van der Waals surface area contributed by atoms with Crippen molar-refractivity contribution >= 4 is 11.8 Å².